The van der Waals surface area contributed by atoms with Gasteiger partial charge in [-0.3, -0.25) is 0 Å². The number of ether oxygens (including phenoxy) is 1. The molecule has 3 nitrogen and oxygen atoms in total. The predicted octanol–water partition coefficient (Wildman–Crippen LogP) is 1.34. The molecule has 1 saturated heterocycles. The maximum atomic E-state index is 5.66. The largest absolute Gasteiger partial charge is 0.380 e. The minimum atomic E-state index is 0.800. The van der Waals surface area contributed by atoms with Gasteiger partial charge in [-0.15, -0.1) is 0 Å². The van der Waals surface area contributed by atoms with Gasteiger partial charge in [0.15, 0.2) is 0 Å². The van der Waals surface area contributed by atoms with Gasteiger partial charge in [0, 0.05) is 13.2 Å². The third kappa shape index (κ3) is 5.50. The van der Waals surface area contributed by atoms with Crippen LogP contribution in [-0.4, -0.2) is 50.8 Å². The standard InChI is InChI=1S/C12H26N2O/c1-3-13-7-10-15-11-12-5-8-14(4-2)9-6-12/h12-13H,3-11H2,1-2H3. The lowest BCUT2D eigenvalue weighted by atomic mass is 9.98. The summed E-state index contributed by atoms with van der Waals surface area (Å²) in [6.45, 7) is 11.9. The molecule has 15 heavy (non-hydrogen) atoms. The van der Waals surface area contributed by atoms with Crippen LogP contribution in [0, 0.1) is 5.92 Å². The average molecular weight is 214 g/mol. The molecular formula is C12H26N2O. The van der Waals surface area contributed by atoms with Crippen LogP contribution < -0.4 is 5.32 Å². The monoisotopic (exact) mass is 214 g/mol. The zero-order chi connectivity index (χ0) is 10.9. The fraction of sp³-hybridized carbons (Fsp3) is 1.00. The summed E-state index contributed by atoms with van der Waals surface area (Å²) < 4.78 is 5.66. The SMILES string of the molecule is CCNCCOCC1CCN(CC)CC1. The number of hydrogen-bond acceptors (Lipinski definition) is 3. The van der Waals surface area contributed by atoms with Crippen molar-refractivity contribution in [2.45, 2.75) is 26.7 Å². The van der Waals surface area contributed by atoms with Gasteiger partial charge in [-0.05, 0) is 44.9 Å². The van der Waals surface area contributed by atoms with E-state index in [-0.39, 0.29) is 0 Å². The summed E-state index contributed by atoms with van der Waals surface area (Å²) in [5.74, 6) is 0.800. The van der Waals surface area contributed by atoms with Gasteiger partial charge in [0.2, 0.25) is 0 Å². The average Bonchev–Trinajstić information content (AvgIpc) is 2.30. The Labute approximate surface area is 94.2 Å². The van der Waals surface area contributed by atoms with Gasteiger partial charge in [0.1, 0.15) is 0 Å². The molecule has 1 rings (SSSR count). The molecule has 0 aromatic rings. The van der Waals surface area contributed by atoms with E-state index >= 15 is 0 Å². The summed E-state index contributed by atoms with van der Waals surface area (Å²) in [5, 5.41) is 3.27. The molecule has 0 aliphatic carbocycles. The van der Waals surface area contributed by atoms with Gasteiger partial charge in [-0.2, -0.15) is 0 Å². The number of likely N-dealkylation sites (tertiary alicyclic amines) is 1. The molecule has 1 aliphatic rings. The van der Waals surface area contributed by atoms with Gasteiger partial charge in [-0.25, -0.2) is 0 Å². The van der Waals surface area contributed by atoms with E-state index in [0.29, 0.717) is 0 Å². The van der Waals surface area contributed by atoms with Crippen LogP contribution in [0.5, 0.6) is 0 Å². The Balaban J connectivity index is 1.94. The van der Waals surface area contributed by atoms with Crippen molar-refractivity contribution < 1.29 is 4.74 Å². The number of nitrogens with zero attached hydrogens (tertiary/aromatic N) is 1. The number of likely N-dealkylation sites (N-methyl/N-ethyl adjacent to an activating group) is 1. The molecule has 3 heteroatoms. The molecule has 1 N–H and O–H groups in total. The van der Waals surface area contributed by atoms with Crippen molar-refractivity contribution in [1.82, 2.24) is 10.2 Å². The summed E-state index contributed by atoms with van der Waals surface area (Å²) in [5.41, 5.74) is 0. The van der Waals surface area contributed by atoms with Gasteiger partial charge in [-0.1, -0.05) is 13.8 Å². The molecule has 0 radical (unpaired) electrons. The third-order valence-corrected chi connectivity index (χ3v) is 3.18. The minimum absolute atomic E-state index is 0.800. The predicted molar refractivity (Wildman–Crippen MR) is 64.2 cm³/mol. The Morgan fingerprint density at radius 1 is 1.27 bits per heavy atom. The summed E-state index contributed by atoms with van der Waals surface area (Å²) >= 11 is 0. The van der Waals surface area contributed by atoms with Gasteiger partial charge < -0.3 is 15.0 Å². The first-order chi connectivity index (χ1) is 7.36. The number of rotatable bonds is 7. The summed E-state index contributed by atoms with van der Waals surface area (Å²) in [6.07, 6.45) is 2.63. The maximum absolute atomic E-state index is 5.66. The molecule has 0 unspecified atom stereocenters. The Bertz CT molecular complexity index is 145. The summed E-state index contributed by atoms with van der Waals surface area (Å²) in [7, 11) is 0. The number of piperidine rings is 1. The summed E-state index contributed by atoms with van der Waals surface area (Å²) in [6, 6.07) is 0. The molecule has 0 amide bonds. The van der Waals surface area contributed by atoms with E-state index in [1.165, 1.54) is 32.5 Å². The van der Waals surface area contributed by atoms with Gasteiger partial charge >= 0.3 is 0 Å². The van der Waals surface area contributed by atoms with Crippen molar-refractivity contribution >= 4 is 0 Å². The molecular weight excluding hydrogens is 188 g/mol. The third-order valence-electron chi connectivity index (χ3n) is 3.18. The van der Waals surface area contributed by atoms with E-state index in [1.54, 1.807) is 0 Å². The molecule has 1 aliphatic heterocycles. The van der Waals surface area contributed by atoms with E-state index < -0.39 is 0 Å². The highest BCUT2D eigenvalue weighted by atomic mass is 16.5. The number of nitrogens with one attached hydrogen (secondary N) is 1. The van der Waals surface area contributed by atoms with Crippen LogP contribution >= 0.6 is 0 Å². The van der Waals surface area contributed by atoms with Crippen LogP contribution in [0.15, 0.2) is 0 Å². The smallest absolute Gasteiger partial charge is 0.0591 e. The molecule has 0 aromatic heterocycles. The lowest BCUT2D eigenvalue weighted by Gasteiger charge is -2.30. The fourth-order valence-corrected chi connectivity index (χ4v) is 2.04. The first-order valence-electron chi connectivity index (χ1n) is 6.37. The Kier molecular flexibility index (Phi) is 6.98. The molecule has 0 atom stereocenters. The van der Waals surface area contributed by atoms with Crippen LogP contribution in [0.25, 0.3) is 0 Å². The molecule has 0 aromatic carbocycles. The van der Waals surface area contributed by atoms with Gasteiger partial charge in [0.25, 0.3) is 0 Å². The van der Waals surface area contributed by atoms with E-state index in [1.807, 2.05) is 0 Å². The second-order valence-corrected chi connectivity index (χ2v) is 4.31. The van der Waals surface area contributed by atoms with Crippen molar-refractivity contribution in [3.63, 3.8) is 0 Å². The van der Waals surface area contributed by atoms with Crippen molar-refractivity contribution in [2.24, 2.45) is 5.92 Å². The summed E-state index contributed by atoms with van der Waals surface area (Å²) in [4.78, 5) is 2.52. The van der Waals surface area contributed by atoms with E-state index in [2.05, 4.69) is 24.1 Å². The molecule has 90 valence electrons. The van der Waals surface area contributed by atoms with Crippen LogP contribution in [0.3, 0.4) is 0 Å². The van der Waals surface area contributed by atoms with Crippen molar-refractivity contribution in [3.05, 3.63) is 0 Å². The quantitative estimate of drug-likeness (QED) is 0.647. The van der Waals surface area contributed by atoms with Crippen molar-refractivity contribution in [3.8, 4) is 0 Å². The molecule has 1 heterocycles. The minimum Gasteiger partial charge on any atom is -0.380 e. The van der Waals surface area contributed by atoms with Crippen molar-refractivity contribution in [2.75, 3.05) is 45.9 Å². The van der Waals surface area contributed by atoms with Gasteiger partial charge in [0.05, 0.1) is 6.61 Å². The van der Waals surface area contributed by atoms with E-state index in [0.717, 1.165) is 32.2 Å². The topological polar surface area (TPSA) is 24.5 Å². The molecule has 1 fully saturated rings. The van der Waals surface area contributed by atoms with Crippen LogP contribution in [0.2, 0.25) is 0 Å². The van der Waals surface area contributed by atoms with Crippen LogP contribution in [0.1, 0.15) is 26.7 Å². The second-order valence-electron chi connectivity index (χ2n) is 4.31. The van der Waals surface area contributed by atoms with E-state index in [9.17, 15) is 0 Å². The van der Waals surface area contributed by atoms with Crippen LogP contribution in [-0.2, 0) is 4.74 Å². The highest BCUT2D eigenvalue weighted by Crippen LogP contribution is 2.16. The van der Waals surface area contributed by atoms with E-state index in [4.69, 9.17) is 4.74 Å². The molecule has 0 bridgehead atoms. The Morgan fingerprint density at radius 3 is 2.60 bits per heavy atom. The molecule has 0 spiro atoms. The van der Waals surface area contributed by atoms with Crippen molar-refractivity contribution in [1.29, 1.82) is 0 Å². The lowest BCUT2D eigenvalue weighted by molar-refractivity contribution is 0.0698. The normalized spacial score (nSPS) is 19.6. The zero-order valence-corrected chi connectivity index (χ0v) is 10.3. The Morgan fingerprint density at radius 2 is 2.00 bits per heavy atom. The Hall–Kier alpha value is -0.120. The second kappa shape index (κ2) is 8.08. The highest BCUT2D eigenvalue weighted by Gasteiger charge is 2.17. The zero-order valence-electron chi connectivity index (χ0n) is 10.3. The first-order valence-corrected chi connectivity index (χ1v) is 6.37. The molecule has 0 saturated carbocycles. The lowest BCUT2D eigenvalue weighted by Crippen LogP contribution is -2.35. The number of hydrogen-bond donors (Lipinski definition) is 1. The first kappa shape index (κ1) is 12.9. The maximum Gasteiger partial charge on any atom is 0.0591 e. The highest BCUT2D eigenvalue weighted by molar-refractivity contribution is 4.70. The fourth-order valence-electron chi connectivity index (χ4n) is 2.04. The van der Waals surface area contributed by atoms with Crippen LogP contribution in [0.4, 0.5) is 0 Å².